The van der Waals surface area contributed by atoms with Crippen molar-refractivity contribution >= 4 is 11.7 Å². The van der Waals surface area contributed by atoms with Crippen LogP contribution in [0.25, 0.3) is 5.78 Å². The van der Waals surface area contributed by atoms with Gasteiger partial charge < -0.3 is 10.1 Å². The number of benzene rings is 1. The zero-order chi connectivity index (χ0) is 18.5. The maximum atomic E-state index is 12.0. The van der Waals surface area contributed by atoms with Gasteiger partial charge in [0, 0.05) is 18.7 Å². The Bertz CT molecular complexity index is 888. The normalized spacial score (nSPS) is 19.7. The molecule has 0 radical (unpaired) electrons. The van der Waals surface area contributed by atoms with Gasteiger partial charge in [-0.2, -0.15) is 10.1 Å². The summed E-state index contributed by atoms with van der Waals surface area (Å²) in [6.45, 7) is 0.763. The van der Waals surface area contributed by atoms with Crippen molar-refractivity contribution in [2.45, 2.75) is 31.6 Å². The summed E-state index contributed by atoms with van der Waals surface area (Å²) in [5.41, 5.74) is 1.18. The summed E-state index contributed by atoms with van der Waals surface area (Å²) in [7, 11) is 0. The first-order chi connectivity index (χ1) is 13.3. The lowest BCUT2D eigenvalue weighted by Crippen LogP contribution is -2.34. The molecule has 1 aliphatic rings. The van der Waals surface area contributed by atoms with Gasteiger partial charge in [0.05, 0.1) is 5.69 Å². The molecule has 140 valence electrons. The Morgan fingerprint density at radius 3 is 2.74 bits per heavy atom. The highest BCUT2D eigenvalue weighted by molar-refractivity contribution is 5.77. The van der Waals surface area contributed by atoms with Gasteiger partial charge in [0.25, 0.3) is 11.7 Å². The van der Waals surface area contributed by atoms with Crippen LogP contribution >= 0.6 is 0 Å². The summed E-state index contributed by atoms with van der Waals surface area (Å²) in [5.74, 6) is 2.27. The molecule has 1 saturated carbocycles. The lowest BCUT2D eigenvalue weighted by Gasteiger charge is -2.28. The van der Waals surface area contributed by atoms with Crippen molar-refractivity contribution < 1.29 is 9.53 Å². The average molecular weight is 365 g/mol. The lowest BCUT2D eigenvalue weighted by atomic mass is 9.80. The van der Waals surface area contributed by atoms with Crippen molar-refractivity contribution in [2.24, 2.45) is 5.92 Å². The molecule has 0 bridgehead atoms. The van der Waals surface area contributed by atoms with Gasteiger partial charge in [0.15, 0.2) is 6.61 Å². The van der Waals surface area contributed by atoms with E-state index in [1.165, 1.54) is 5.69 Å². The third-order valence-corrected chi connectivity index (χ3v) is 5.18. The summed E-state index contributed by atoms with van der Waals surface area (Å²) in [4.78, 5) is 20.4. The van der Waals surface area contributed by atoms with Gasteiger partial charge in [0.2, 0.25) is 0 Å². The fraction of sp³-hybridized carbons (Fsp3) is 0.400. The quantitative estimate of drug-likeness (QED) is 0.726. The van der Waals surface area contributed by atoms with Crippen molar-refractivity contribution in [3.05, 3.63) is 54.6 Å². The van der Waals surface area contributed by atoms with E-state index in [4.69, 9.17) is 4.74 Å². The van der Waals surface area contributed by atoms with Crippen molar-refractivity contribution in [2.75, 3.05) is 13.2 Å². The van der Waals surface area contributed by atoms with Gasteiger partial charge in [-0.05, 0) is 49.8 Å². The number of carbonyl (C=O) groups excluding carboxylic acids is 1. The van der Waals surface area contributed by atoms with E-state index < -0.39 is 0 Å². The van der Waals surface area contributed by atoms with Crippen LogP contribution in [0.4, 0.5) is 0 Å². The van der Waals surface area contributed by atoms with Gasteiger partial charge in [-0.25, -0.2) is 9.50 Å². The molecule has 1 aliphatic carbocycles. The minimum absolute atomic E-state index is 0.0562. The standard InChI is InChI=1S/C20H23N5O2/c26-19(13-27-17-4-2-1-3-5-17)22-12-15-6-8-16(9-7-15)18-10-11-21-20-23-14-24-25(18)20/h1-5,10-11,14-16H,6-9,12-13H2,(H,22,26). The zero-order valence-corrected chi connectivity index (χ0v) is 15.1. The third kappa shape index (κ3) is 4.24. The molecule has 0 spiro atoms. The summed E-state index contributed by atoms with van der Waals surface area (Å²) >= 11 is 0. The van der Waals surface area contributed by atoms with Crippen LogP contribution in [0, 0.1) is 5.92 Å². The van der Waals surface area contributed by atoms with E-state index in [0.29, 0.717) is 29.9 Å². The second-order valence-electron chi connectivity index (χ2n) is 6.97. The highest BCUT2D eigenvalue weighted by Crippen LogP contribution is 2.35. The largest absolute Gasteiger partial charge is 0.484 e. The molecular weight excluding hydrogens is 342 g/mol. The zero-order valence-electron chi connectivity index (χ0n) is 15.1. The van der Waals surface area contributed by atoms with E-state index >= 15 is 0 Å². The minimum atomic E-state index is -0.0700. The second kappa shape index (κ2) is 8.16. The smallest absolute Gasteiger partial charge is 0.257 e. The summed E-state index contributed by atoms with van der Waals surface area (Å²) in [6.07, 6.45) is 7.69. The molecule has 1 aromatic carbocycles. The molecule has 4 rings (SSSR count). The van der Waals surface area contributed by atoms with Crippen LogP contribution in [0.15, 0.2) is 48.9 Å². The third-order valence-electron chi connectivity index (χ3n) is 5.18. The van der Waals surface area contributed by atoms with E-state index in [0.717, 1.165) is 25.7 Å². The monoisotopic (exact) mass is 365 g/mol. The molecule has 1 N–H and O–H groups in total. The molecule has 2 aromatic heterocycles. The van der Waals surface area contributed by atoms with Crippen molar-refractivity contribution in [3.63, 3.8) is 0 Å². The Hall–Kier alpha value is -2.96. The van der Waals surface area contributed by atoms with Gasteiger partial charge in [0.1, 0.15) is 12.1 Å². The molecule has 0 saturated heterocycles. The van der Waals surface area contributed by atoms with Crippen molar-refractivity contribution in [1.29, 1.82) is 0 Å². The molecule has 27 heavy (non-hydrogen) atoms. The molecule has 7 heteroatoms. The maximum Gasteiger partial charge on any atom is 0.257 e. The number of hydrogen-bond acceptors (Lipinski definition) is 5. The van der Waals surface area contributed by atoms with E-state index in [1.54, 1.807) is 12.5 Å². The Kier molecular flexibility index (Phi) is 5.27. The summed E-state index contributed by atoms with van der Waals surface area (Å²) < 4.78 is 7.32. The average Bonchev–Trinajstić information content (AvgIpc) is 3.21. The Labute approximate surface area is 157 Å². The molecule has 2 heterocycles. The highest BCUT2D eigenvalue weighted by Gasteiger charge is 2.24. The molecule has 0 atom stereocenters. The molecular formula is C20H23N5O2. The first-order valence-electron chi connectivity index (χ1n) is 9.39. The number of hydrogen-bond donors (Lipinski definition) is 1. The number of ether oxygens (including phenoxy) is 1. The number of rotatable bonds is 6. The van der Waals surface area contributed by atoms with Gasteiger partial charge in [-0.15, -0.1) is 0 Å². The van der Waals surface area contributed by atoms with Crippen LogP contribution in [0.3, 0.4) is 0 Å². The Balaban J connectivity index is 1.23. The molecule has 1 fully saturated rings. The fourth-order valence-corrected chi connectivity index (χ4v) is 3.70. The summed E-state index contributed by atoms with van der Waals surface area (Å²) in [5, 5.41) is 7.29. The van der Waals surface area contributed by atoms with Gasteiger partial charge >= 0.3 is 0 Å². The van der Waals surface area contributed by atoms with E-state index in [-0.39, 0.29) is 12.5 Å². The molecule has 1 amide bonds. The SMILES string of the molecule is O=C(COc1ccccc1)NCC1CCC(c2ccnc3ncnn23)CC1. The fourth-order valence-electron chi connectivity index (χ4n) is 3.70. The van der Waals surface area contributed by atoms with E-state index in [9.17, 15) is 4.79 Å². The first-order valence-corrected chi connectivity index (χ1v) is 9.39. The van der Waals surface area contributed by atoms with Crippen LogP contribution in [0.2, 0.25) is 0 Å². The highest BCUT2D eigenvalue weighted by atomic mass is 16.5. The molecule has 0 unspecified atom stereocenters. The number of aromatic nitrogens is 4. The predicted octanol–water partition coefficient (Wildman–Crippen LogP) is 2.59. The number of nitrogens with one attached hydrogen (secondary N) is 1. The Morgan fingerprint density at radius 2 is 1.93 bits per heavy atom. The molecule has 3 aromatic rings. The first kappa shape index (κ1) is 17.5. The van der Waals surface area contributed by atoms with Crippen LogP contribution in [-0.2, 0) is 4.79 Å². The van der Waals surface area contributed by atoms with Crippen molar-refractivity contribution in [1.82, 2.24) is 24.9 Å². The number of nitrogens with zero attached hydrogens (tertiary/aromatic N) is 4. The van der Waals surface area contributed by atoms with Gasteiger partial charge in [-0.3, -0.25) is 4.79 Å². The number of amides is 1. The lowest BCUT2D eigenvalue weighted by molar-refractivity contribution is -0.123. The maximum absolute atomic E-state index is 12.0. The minimum Gasteiger partial charge on any atom is -0.484 e. The van der Waals surface area contributed by atoms with Crippen LogP contribution in [-0.4, -0.2) is 38.6 Å². The number of carbonyl (C=O) groups is 1. The molecule has 0 aliphatic heterocycles. The Morgan fingerprint density at radius 1 is 1.11 bits per heavy atom. The van der Waals surface area contributed by atoms with Gasteiger partial charge in [-0.1, -0.05) is 18.2 Å². The number of fused-ring (bicyclic) bond motifs is 1. The predicted molar refractivity (Wildman–Crippen MR) is 100 cm³/mol. The number of para-hydroxylation sites is 1. The van der Waals surface area contributed by atoms with Crippen LogP contribution in [0.1, 0.15) is 37.3 Å². The van der Waals surface area contributed by atoms with Crippen molar-refractivity contribution in [3.8, 4) is 5.75 Å². The molecule has 7 nitrogen and oxygen atoms in total. The topological polar surface area (TPSA) is 81.4 Å². The van der Waals surface area contributed by atoms with Crippen LogP contribution in [0.5, 0.6) is 5.75 Å². The van der Waals surface area contributed by atoms with E-state index in [2.05, 4.69) is 20.4 Å². The van der Waals surface area contributed by atoms with E-state index in [1.807, 2.05) is 40.9 Å². The van der Waals surface area contributed by atoms with Crippen LogP contribution < -0.4 is 10.1 Å². The second-order valence-corrected chi connectivity index (χ2v) is 6.97. The summed E-state index contributed by atoms with van der Waals surface area (Å²) in [6, 6.07) is 11.4.